The largest absolute Gasteiger partial charge is 0.465 e. The van der Waals surface area contributed by atoms with Crippen LogP contribution in [0.1, 0.15) is 5.56 Å². The van der Waals surface area contributed by atoms with Crippen molar-refractivity contribution in [1.82, 2.24) is 10.3 Å². The molecule has 2 aromatic rings. The van der Waals surface area contributed by atoms with Gasteiger partial charge in [-0.3, -0.25) is 0 Å². The van der Waals surface area contributed by atoms with Crippen LogP contribution in [0.2, 0.25) is 0 Å². The van der Waals surface area contributed by atoms with Gasteiger partial charge in [0, 0.05) is 6.54 Å². The van der Waals surface area contributed by atoms with Gasteiger partial charge in [-0.05, 0) is 17.7 Å². The maximum absolute atomic E-state index is 10.2. The van der Waals surface area contributed by atoms with Gasteiger partial charge >= 0.3 is 6.09 Å². The van der Waals surface area contributed by atoms with E-state index < -0.39 is 6.09 Å². The molecule has 0 aliphatic heterocycles. The van der Waals surface area contributed by atoms with E-state index in [1.54, 1.807) is 18.2 Å². The summed E-state index contributed by atoms with van der Waals surface area (Å²) in [5.41, 5.74) is 2.28. The average Bonchev–Trinajstić information content (AvgIpc) is 2.61. The lowest BCUT2D eigenvalue weighted by Crippen LogP contribution is -2.19. The topological polar surface area (TPSA) is 75.4 Å². The van der Waals surface area contributed by atoms with Crippen molar-refractivity contribution in [1.29, 1.82) is 0 Å². The van der Waals surface area contributed by atoms with Crippen molar-refractivity contribution in [2.75, 3.05) is 0 Å². The second-order valence-corrected chi connectivity index (χ2v) is 2.81. The van der Waals surface area contributed by atoms with E-state index in [1.165, 1.54) is 6.39 Å². The van der Waals surface area contributed by atoms with E-state index in [9.17, 15) is 4.79 Å². The van der Waals surface area contributed by atoms with Gasteiger partial charge in [0.1, 0.15) is 5.52 Å². The number of hydrogen-bond donors (Lipinski definition) is 2. The second kappa shape index (κ2) is 3.37. The zero-order chi connectivity index (χ0) is 9.97. The van der Waals surface area contributed by atoms with Gasteiger partial charge in [0.25, 0.3) is 0 Å². The third kappa shape index (κ3) is 1.66. The Morgan fingerprint density at radius 1 is 1.57 bits per heavy atom. The van der Waals surface area contributed by atoms with Crippen molar-refractivity contribution < 1.29 is 14.3 Å². The van der Waals surface area contributed by atoms with Gasteiger partial charge in [0.05, 0.1) is 0 Å². The summed E-state index contributed by atoms with van der Waals surface area (Å²) < 4.78 is 5.05. The molecule has 0 aliphatic carbocycles. The van der Waals surface area contributed by atoms with E-state index in [4.69, 9.17) is 9.52 Å². The van der Waals surface area contributed by atoms with E-state index in [-0.39, 0.29) is 6.54 Å². The minimum atomic E-state index is -1.04. The van der Waals surface area contributed by atoms with Crippen LogP contribution < -0.4 is 5.32 Å². The maximum Gasteiger partial charge on any atom is 0.404 e. The molecule has 72 valence electrons. The normalized spacial score (nSPS) is 10.3. The van der Waals surface area contributed by atoms with Crippen LogP contribution in [0.5, 0.6) is 0 Å². The summed E-state index contributed by atoms with van der Waals surface area (Å²) in [6.45, 7) is 0.276. The Balaban J connectivity index is 2.21. The van der Waals surface area contributed by atoms with Gasteiger partial charge in [-0.25, -0.2) is 9.78 Å². The number of amides is 1. The van der Waals surface area contributed by atoms with Crippen molar-refractivity contribution in [2.45, 2.75) is 6.54 Å². The van der Waals surface area contributed by atoms with E-state index in [1.807, 2.05) is 0 Å². The van der Waals surface area contributed by atoms with E-state index >= 15 is 0 Å². The number of carboxylic acid groups (broad SMARTS) is 1. The van der Waals surface area contributed by atoms with Gasteiger partial charge in [-0.15, -0.1) is 0 Å². The Morgan fingerprint density at radius 3 is 3.21 bits per heavy atom. The number of nitrogens with one attached hydrogen (secondary N) is 1. The minimum absolute atomic E-state index is 0.276. The number of rotatable bonds is 2. The summed E-state index contributed by atoms with van der Waals surface area (Å²) in [5.74, 6) is 0. The number of oxazole rings is 1. The number of nitrogens with zero attached hydrogens (tertiary/aromatic N) is 1. The summed E-state index contributed by atoms with van der Waals surface area (Å²) in [6.07, 6.45) is 0.323. The van der Waals surface area contributed by atoms with Crippen molar-refractivity contribution in [3.63, 3.8) is 0 Å². The number of hydrogen-bond acceptors (Lipinski definition) is 3. The Morgan fingerprint density at radius 2 is 2.43 bits per heavy atom. The number of fused-ring (bicyclic) bond motifs is 1. The SMILES string of the molecule is O=C(O)NCc1ccc2ocnc2c1. The number of benzene rings is 1. The van der Waals surface area contributed by atoms with Crippen LogP contribution in [0.15, 0.2) is 29.0 Å². The predicted octanol–water partition coefficient (Wildman–Crippen LogP) is 1.60. The van der Waals surface area contributed by atoms with Crippen LogP contribution in [-0.2, 0) is 6.54 Å². The molecular weight excluding hydrogens is 184 g/mol. The number of aromatic nitrogens is 1. The fraction of sp³-hybridized carbons (Fsp3) is 0.111. The first-order valence-corrected chi connectivity index (χ1v) is 4.04. The molecule has 1 aromatic heterocycles. The highest BCUT2D eigenvalue weighted by atomic mass is 16.4. The molecule has 0 fully saturated rings. The Bertz CT molecular complexity index is 464. The maximum atomic E-state index is 10.2. The molecule has 2 rings (SSSR count). The van der Waals surface area contributed by atoms with Crippen molar-refractivity contribution in [3.05, 3.63) is 30.2 Å². The molecule has 1 amide bonds. The van der Waals surface area contributed by atoms with Crippen molar-refractivity contribution in [3.8, 4) is 0 Å². The summed E-state index contributed by atoms with van der Waals surface area (Å²) >= 11 is 0. The summed E-state index contributed by atoms with van der Waals surface area (Å²) in [6, 6.07) is 5.35. The molecular formula is C9H8N2O3. The molecule has 0 atom stereocenters. The summed E-state index contributed by atoms with van der Waals surface area (Å²) in [5, 5.41) is 10.7. The molecule has 5 heteroatoms. The molecule has 0 spiro atoms. The van der Waals surface area contributed by atoms with E-state index in [2.05, 4.69) is 10.3 Å². The quantitative estimate of drug-likeness (QED) is 0.757. The van der Waals surface area contributed by atoms with Crippen LogP contribution in [0.4, 0.5) is 4.79 Å². The molecule has 2 N–H and O–H groups in total. The van der Waals surface area contributed by atoms with Gasteiger partial charge < -0.3 is 14.8 Å². The molecule has 0 aliphatic rings. The molecule has 0 saturated carbocycles. The van der Waals surface area contributed by atoms with Gasteiger partial charge in [0.15, 0.2) is 12.0 Å². The highest BCUT2D eigenvalue weighted by molar-refractivity contribution is 5.73. The molecule has 1 heterocycles. The average molecular weight is 192 g/mol. The standard InChI is InChI=1S/C9H8N2O3/c12-9(13)10-4-6-1-2-8-7(3-6)11-5-14-8/h1-3,5,10H,4H2,(H,12,13). The van der Waals surface area contributed by atoms with Gasteiger partial charge in [-0.1, -0.05) is 6.07 Å². The Labute approximate surface area is 79.4 Å². The van der Waals surface area contributed by atoms with Crippen LogP contribution >= 0.6 is 0 Å². The second-order valence-electron chi connectivity index (χ2n) is 2.81. The molecule has 0 radical (unpaired) electrons. The van der Waals surface area contributed by atoms with Crippen molar-refractivity contribution >= 4 is 17.2 Å². The van der Waals surface area contributed by atoms with E-state index in [0.717, 1.165) is 11.1 Å². The fourth-order valence-corrected chi connectivity index (χ4v) is 1.19. The van der Waals surface area contributed by atoms with Gasteiger partial charge in [-0.2, -0.15) is 0 Å². The third-order valence-electron chi connectivity index (χ3n) is 1.84. The predicted molar refractivity (Wildman–Crippen MR) is 48.9 cm³/mol. The lowest BCUT2D eigenvalue weighted by molar-refractivity contribution is 0.194. The minimum Gasteiger partial charge on any atom is -0.465 e. The van der Waals surface area contributed by atoms with Gasteiger partial charge in [0.2, 0.25) is 0 Å². The Hall–Kier alpha value is -2.04. The van der Waals surface area contributed by atoms with E-state index in [0.29, 0.717) is 5.58 Å². The molecule has 0 unspecified atom stereocenters. The molecule has 0 bridgehead atoms. The first-order chi connectivity index (χ1) is 6.75. The monoisotopic (exact) mass is 192 g/mol. The third-order valence-corrected chi connectivity index (χ3v) is 1.84. The zero-order valence-electron chi connectivity index (χ0n) is 7.23. The lowest BCUT2D eigenvalue weighted by Gasteiger charge is -1.99. The molecule has 5 nitrogen and oxygen atoms in total. The fourth-order valence-electron chi connectivity index (χ4n) is 1.19. The zero-order valence-corrected chi connectivity index (χ0v) is 7.23. The van der Waals surface area contributed by atoms with Crippen molar-refractivity contribution in [2.24, 2.45) is 0 Å². The van der Waals surface area contributed by atoms with Crippen LogP contribution in [-0.4, -0.2) is 16.2 Å². The molecule has 1 aromatic carbocycles. The number of carbonyl (C=O) groups is 1. The first-order valence-electron chi connectivity index (χ1n) is 4.04. The van der Waals surface area contributed by atoms with Crippen LogP contribution in [0.3, 0.4) is 0 Å². The molecule has 0 saturated heterocycles. The van der Waals surface area contributed by atoms with Crippen LogP contribution in [0, 0.1) is 0 Å². The highest BCUT2D eigenvalue weighted by Gasteiger charge is 2.01. The highest BCUT2D eigenvalue weighted by Crippen LogP contribution is 2.13. The first kappa shape index (κ1) is 8.55. The molecule has 14 heavy (non-hydrogen) atoms. The Kier molecular flexibility index (Phi) is 2.06. The summed E-state index contributed by atoms with van der Waals surface area (Å²) in [4.78, 5) is 14.2. The summed E-state index contributed by atoms with van der Waals surface area (Å²) in [7, 11) is 0. The van der Waals surface area contributed by atoms with Crippen LogP contribution in [0.25, 0.3) is 11.1 Å². The lowest BCUT2D eigenvalue weighted by atomic mass is 10.2. The smallest absolute Gasteiger partial charge is 0.404 e.